The van der Waals surface area contributed by atoms with Crippen molar-refractivity contribution in [3.63, 3.8) is 0 Å². The van der Waals surface area contributed by atoms with Gasteiger partial charge in [-0.15, -0.1) is 10.2 Å². The lowest BCUT2D eigenvalue weighted by Crippen LogP contribution is -2.09. The van der Waals surface area contributed by atoms with Crippen LogP contribution in [0, 0.1) is 6.92 Å². The van der Waals surface area contributed by atoms with Crippen LogP contribution in [-0.4, -0.2) is 26.8 Å². The maximum atomic E-state index is 12.4. The van der Waals surface area contributed by atoms with Gasteiger partial charge in [0.05, 0.1) is 6.54 Å². The molecule has 1 aromatic heterocycles. The lowest BCUT2D eigenvalue weighted by Gasteiger charge is -2.09. The van der Waals surface area contributed by atoms with Crippen molar-refractivity contribution >= 4 is 0 Å². The van der Waals surface area contributed by atoms with E-state index in [0.717, 1.165) is 11.1 Å². The number of nitrogens with zero attached hydrogens (tertiary/aromatic N) is 4. The van der Waals surface area contributed by atoms with Crippen LogP contribution in [0.1, 0.15) is 11.1 Å². The van der Waals surface area contributed by atoms with E-state index >= 15 is 0 Å². The molecule has 0 unspecified atom stereocenters. The standard InChI is InChI=1S/C16H14F2N4O/c1-11-6-8-12(9-7-11)15-19-21-22(20-15)10-13-4-2-3-5-14(13)23-16(17)18/h2-9,16H,10H2,1H3. The zero-order valence-electron chi connectivity index (χ0n) is 12.4. The molecule has 7 heteroatoms. The van der Waals surface area contributed by atoms with Gasteiger partial charge in [0, 0.05) is 11.1 Å². The highest BCUT2D eigenvalue weighted by Crippen LogP contribution is 2.21. The Kier molecular flexibility index (Phi) is 4.27. The first kappa shape index (κ1) is 15.1. The highest BCUT2D eigenvalue weighted by molar-refractivity contribution is 5.54. The Morgan fingerprint density at radius 2 is 1.83 bits per heavy atom. The van der Waals surface area contributed by atoms with Gasteiger partial charge in [0.1, 0.15) is 5.75 Å². The van der Waals surface area contributed by atoms with Gasteiger partial charge in [0.15, 0.2) is 0 Å². The van der Waals surface area contributed by atoms with Gasteiger partial charge in [-0.3, -0.25) is 0 Å². The Labute approximate surface area is 131 Å². The van der Waals surface area contributed by atoms with E-state index in [0.29, 0.717) is 11.4 Å². The van der Waals surface area contributed by atoms with Crippen molar-refractivity contribution in [2.75, 3.05) is 0 Å². The number of halogens is 2. The van der Waals surface area contributed by atoms with Crippen molar-refractivity contribution in [3.8, 4) is 17.1 Å². The zero-order chi connectivity index (χ0) is 16.2. The van der Waals surface area contributed by atoms with Crippen LogP contribution < -0.4 is 4.74 Å². The quantitative estimate of drug-likeness (QED) is 0.725. The molecule has 0 saturated heterocycles. The van der Waals surface area contributed by atoms with E-state index < -0.39 is 6.61 Å². The first-order chi connectivity index (χ1) is 11.1. The minimum absolute atomic E-state index is 0.108. The second kappa shape index (κ2) is 6.51. The van der Waals surface area contributed by atoms with Gasteiger partial charge in [-0.05, 0) is 18.2 Å². The van der Waals surface area contributed by atoms with Crippen LogP contribution in [0.4, 0.5) is 8.78 Å². The summed E-state index contributed by atoms with van der Waals surface area (Å²) in [6.07, 6.45) is 0. The van der Waals surface area contributed by atoms with E-state index in [1.54, 1.807) is 18.2 Å². The molecule has 0 aliphatic heterocycles. The summed E-state index contributed by atoms with van der Waals surface area (Å²) in [5.74, 6) is 0.592. The Morgan fingerprint density at radius 1 is 1.09 bits per heavy atom. The van der Waals surface area contributed by atoms with Crippen LogP contribution in [-0.2, 0) is 6.54 Å². The molecule has 118 valence electrons. The van der Waals surface area contributed by atoms with Gasteiger partial charge >= 0.3 is 6.61 Å². The largest absolute Gasteiger partial charge is 0.434 e. The average Bonchev–Trinajstić information content (AvgIpc) is 2.98. The first-order valence-corrected chi connectivity index (χ1v) is 6.99. The molecular formula is C16H14F2N4O. The molecular weight excluding hydrogens is 302 g/mol. The summed E-state index contributed by atoms with van der Waals surface area (Å²) in [5.41, 5.74) is 2.54. The molecule has 0 amide bonds. The summed E-state index contributed by atoms with van der Waals surface area (Å²) in [6, 6.07) is 14.3. The molecule has 0 aliphatic carbocycles. The maximum Gasteiger partial charge on any atom is 0.387 e. The van der Waals surface area contributed by atoms with Crippen molar-refractivity contribution in [2.45, 2.75) is 20.1 Å². The van der Waals surface area contributed by atoms with Crippen molar-refractivity contribution in [3.05, 3.63) is 59.7 Å². The second-order valence-corrected chi connectivity index (χ2v) is 5.00. The lowest BCUT2D eigenvalue weighted by molar-refractivity contribution is -0.0505. The number of hydrogen-bond acceptors (Lipinski definition) is 4. The Morgan fingerprint density at radius 3 is 2.57 bits per heavy atom. The first-order valence-electron chi connectivity index (χ1n) is 6.99. The van der Waals surface area contributed by atoms with Crippen molar-refractivity contribution < 1.29 is 13.5 Å². The summed E-state index contributed by atoms with van der Waals surface area (Å²) < 4.78 is 29.3. The number of tetrazole rings is 1. The smallest absolute Gasteiger partial charge is 0.387 e. The van der Waals surface area contributed by atoms with Crippen LogP contribution in [0.25, 0.3) is 11.4 Å². The van der Waals surface area contributed by atoms with Crippen LogP contribution in [0.15, 0.2) is 48.5 Å². The topological polar surface area (TPSA) is 52.8 Å². The van der Waals surface area contributed by atoms with E-state index in [1.165, 1.54) is 10.9 Å². The molecule has 23 heavy (non-hydrogen) atoms. The predicted octanol–water partition coefficient (Wildman–Crippen LogP) is 3.30. The molecule has 0 saturated carbocycles. The molecule has 5 nitrogen and oxygen atoms in total. The number of hydrogen-bond donors (Lipinski definition) is 0. The monoisotopic (exact) mass is 316 g/mol. The Bertz CT molecular complexity index is 787. The normalized spacial score (nSPS) is 11.0. The average molecular weight is 316 g/mol. The van der Waals surface area contributed by atoms with E-state index in [9.17, 15) is 8.78 Å². The molecule has 0 fully saturated rings. The highest BCUT2D eigenvalue weighted by Gasteiger charge is 2.11. The number of para-hydroxylation sites is 1. The number of aryl methyl sites for hydroxylation is 1. The van der Waals surface area contributed by atoms with Gasteiger partial charge in [-0.1, -0.05) is 48.0 Å². The summed E-state index contributed by atoms with van der Waals surface area (Å²) in [5, 5.41) is 12.2. The van der Waals surface area contributed by atoms with Gasteiger partial charge < -0.3 is 4.74 Å². The number of benzene rings is 2. The molecule has 3 aromatic rings. The third-order valence-electron chi connectivity index (χ3n) is 3.26. The zero-order valence-corrected chi connectivity index (χ0v) is 12.4. The Balaban J connectivity index is 1.81. The molecule has 0 aliphatic rings. The van der Waals surface area contributed by atoms with E-state index in [1.807, 2.05) is 31.2 Å². The van der Waals surface area contributed by atoms with Crippen LogP contribution >= 0.6 is 0 Å². The van der Waals surface area contributed by atoms with Crippen molar-refractivity contribution in [1.82, 2.24) is 20.2 Å². The van der Waals surface area contributed by atoms with E-state index in [4.69, 9.17) is 0 Å². The molecule has 0 spiro atoms. The highest BCUT2D eigenvalue weighted by atomic mass is 19.3. The van der Waals surface area contributed by atoms with Gasteiger partial charge in [0.25, 0.3) is 0 Å². The fourth-order valence-corrected chi connectivity index (χ4v) is 2.13. The summed E-state index contributed by atoms with van der Waals surface area (Å²) >= 11 is 0. The van der Waals surface area contributed by atoms with Crippen molar-refractivity contribution in [2.24, 2.45) is 0 Å². The minimum Gasteiger partial charge on any atom is -0.434 e. The molecule has 0 N–H and O–H groups in total. The third kappa shape index (κ3) is 3.68. The van der Waals surface area contributed by atoms with E-state index in [-0.39, 0.29) is 12.3 Å². The molecule has 2 aromatic carbocycles. The van der Waals surface area contributed by atoms with E-state index in [2.05, 4.69) is 20.1 Å². The molecule has 0 radical (unpaired) electrons. The Hall–Kier alpha value is -2.83. The summed E-state index contributed by atoms with van der Waals surface area (Å²) in [4.78, 5) is 1.35. The van der Waals surface area contributed by atoms with Crippen molar-refractivity contribution in [1.29, 1.82) is 0 Å². The fourth-order valence-electron chi connectivity index (χ4n) is 2.13. The molecule has 1 heterocycles. The lowest BCUT2D eigenvalue weighted by atomic mass is 10.1. The summed E-state index contributed by atoms with van der Waals surface area (Å²) in [6.45, 7) is -0.682. The minimum atomic E-state index is -2.87. The van der Waals surface area contributed by atoms with Gasteiger partial charge in [-0.25, -0.2) is 0 Å². The SMILES string of the molecule is Cc1ccc(-c2nnn(Cc3ccccc3OC(F)F)n2)cc1. The summed E-state index contributed by atoms with van der Waals surface area (Å²) in [7, 11) is 0. The maximum absolute atomic E-state index is 12.4. The number of ether oxygens (including phenoxy) is 1. The number of aromatic nitrogens is 4. The second-order valence-electron chi connectivity index (χ2n) is 5.00. The predicted molar refractivity (Wildman–Crippen MR) is 80.2 cm³/mol. The number of rotatable bonds is 5. The molecule has 3 rings (SSSR count). The third-order valence-corrected chi connectivity index (χ3v) is 3.26. The van der Waals surface area contributed by atoms with Crippen LogP contribution in [0.5, 0.6) is 5.75 Å². The van der Waals surface area contributed by atoms with Gasteiger partial charge in [0.2, 0.25) is 5.82 Å². The van der Waals surface area contributed by atoms with Crippen LogP contribution in [0.3, 0.4) is 0 Å². The molecule has 0 bridgehead atoms. The fraction of sp³-hybridized carbons (Fsp3) is 0.188. The number of alkyl halides is 2. The van der Waals surface area contributed by atoms with Crippen LogP contribution in [0.2, 0.25) is 0 Å². The molecule has 0 atom stereocenters. The van der Waals surface area contributed by atoms with Gasteiger partial charge in [-0.2, -0.15) is 13.6 Å².